The second-order valence-electron chi connectivity index (χ2n) is 7.91. The third-order valence-corrected chi connectivity index (χ3v) is 5.72. The molecule has 8 nitrogen and oxygen atoms in total. The highest BCUT2D eigenvalue weighted by molar-refractivity contribution is 5.88. The monoisotopic (exact) mass is 391 g/mol. The van der Waals surface area contributed by atoms with Crippen LogP contribution in [0.25, 0.3) is 27.9 Å². The number of H-pyrrole nitrogens is 1. The summed E-state index contributed by atoms with van der Waals surface area (Å²) in [4.78, 5) is 17.5. The fourth-order valence-corrected chi connectivity index (χ4v) is 4.26. The van der Waals surface area contributed by atoms with Crippen LogP contribution in [0.3, 0.4) is 0 Å². The molecule has 0 amide bonds. The molecule has 150 valence electrons. The molecule has 4 aromatic rings. The molecule has 5 heterocycles. The number of hydrogen-bond acceptors (Lipinski definition) is 6. The maximum absolute atomic E-state index is 5.55. The van der Waals surface area contributed by atoms with E-state index in [4.69, 9.17) is 14.7 Å². The van der Waals surface area contributed by atoms with E-state index in [-0.39, 0.29) is 0 Å². The Kier molecular flexibility index (Phi) is 4.43. The Morgan fingerprint density at radius 3 is 2.79 bits per heavy atom. The Labute approximate surface area is 168 Å². The number of fused-ring (bicyclic) bond motifs is 2. The summed E-state index contributed by atoms with van der Waals surface area (Å²) >= 11 is 0. The van der Waals surface area contributed by atoms with Crippen LogP contribution < -0.4 is 10.1 Å². The van der Waals surface area contributed by atoms with Gasteiger partial charge < -0.3 is 15.0 Å². The quantitative estimate of drug-likeness (QED) is 0.555. The molecule has 8 heteroatoms. The van der Waals surface area contributed by atoms with Crippen LogP contribution in [-0.2, 0) is 0 Å². The molecule has 2 N–H and O–H groups in total. The van der Waals surface area contributed by atoms with Crippen LogP contribution in [0.4, 0.5) is 0 Å². The van der Waals surface area contributed by atoms with Gasteiger partial charge >= 0.3 is 0 Å². The Hall–Kier alpha value is -3.00. The van der Waals surface area contributed by atoms with Gasteiger partial charge in [-0.15, -0.1) is 0 Å². The average Bonchev–Trinajstić information content (AvgIpc) is 3.37. The van der Waals surface area contributed by atoms with Crippen LogP contribution in [0.5, 0.6) is 5.75 Å². The zero-order valence-electron chi connectivity index (χ0n) is 16.9. The summed E-state index contributed by atoms with van der Waals surface area (Å²) in [6, 6.07) is 2.00. The van der Waals surface area contributed by atoms with Gasteiger partial charge in [0.25, 0.3) is 0 Å². The van der Waals surface area contributed by atoms with Gasteiger partial charge in [0.15, 0.2) is 11.4 Å². The predicted molar refractivity (Wildman–Crippen MR) is 111 cm³/mol. The van der Waals surface area contributed by atoms with E-state index in [9.17, 15) is 0 Å². The van der Waals surface area contributed by atoms with Gasteiger partial charge in [0, 0.05) is 23.2 Å². The first-order valence-corrected chi connectivity index (χ1v) is 10.1. The van der Waals surface area contributed by atoms with Crippen molar-refractivity contribution >= 4 is 16.7 Å². The number of nitrogens with one attached hydrogen (secondary N) is 2. The number of ether oxygens (including phenoxy) is 1. The number of nitrogens with zero attached hydrogens (tertiary/aromatic N) is 5. The van der Waals surface area contributed by atoms with Crippen LogP contribution >= 0.6 is 0 Å². The highest BCUT2D eigenvalue weighted by Gasteiger charge is 2.23. The molecule has 1 fully saturated rings. The Morgan fingerprint density at radius 1 is 1.21 bits per heavy atom. The highest BCUT2D eigenvalue weighted by Crippen LogP contribution is 2.37. The van der Waals surface area contributed by atoms with Crippen LogP contribution in [0.1, 0.15) is 49.9 Å². The van der Waals surface area contributed by atoms with E-state index in [1.165, 1.54) is 11.9 Å². The van der Waals surface area contributed by atoms with E-state index < -0.39 is 0 Å². The lowest BCUT2D eigenvalue weighted by Gasteiger charge is -2.21. The summed E-state index contributed by atoms with van der Waals surface area (Å²) in [7, 11) is 1.65. The maximum atomic E-state index is 5.55. The van der Waals surface area contributed by atoms with Crippen molar-refractivity contribution in [2.75, 3.05) is 20.2 Å². The number of methoxy groups -OCH3 is 1. The van der Waals surface area contributed by atoms with Crippen LogP contribution in [-0.4, -0.2) is 49.7 Å². The smallest absolute Gasteiger partial charge is 0.197 e. The largest absolute Gasteiger partial charge is 0.493 e. The first-order chi connectivity index (χ1) is 14.2. The lowest BCUT2D eigenvalue weighted by Crippen LogP contribution is -2.27. The van der Waals surface area contributed by atoms with E-state index in [1.54, 1.807) is 11.6 Å². The van der Waals surface area contributed by atoms with Crippen molar-refractivity contribution in [3.63, 3.8) is 0 Å². The molecule has 4 aromatic heterocycles. The summed E-state index contributed by atoms with van der Waals surface area (Å²) in [6.07, 6.45) is 7.61. The topological polar surface area (TPSA) is 93.0 Å². The third-order valence-electron chi connectivity index (χ3n) is 5.72. The summed E-state index contributed by atoms with van der Waals surface area (Å²) in [6.45, 7) is 6.45. The van der Waals surface area contributed by atoms with Crippen LogP contribution in [0.15, 0.2) is 24.8 Å². The minimum absolute atomic E-state index is 0.298. The van der Waals surface area contributed by atoms with E-state index in [0.29, 0.717) is 23.2 Å². The van der Waals surface area contributed by atoms with Crippen molar-refractivity contribution in [2.45, 2.75) is 38.5 Å². The lowest BCUT2D eigenvalue weighted by molar-refractivity contribution is 0.416. The van der Waals surface area contributed by atoms with Gasteiger partial charge in [0.1, 0.15) is 12.2 Å². The Bertz CT molecular complexity index is 1170. The normalized spacial score (nSPS) is 15.6. The standard InChI is InChI=1S/C21H25N7O/c1-12(2)17-18(14-8-16(29-3)21-24-11-25-28(21)10-14)26-15-9-23-20(27-19(15)17)13-4-6-22-7-5-13/h8-13,22,26H,4-7H2,1-3H3. The van der Waals surface area contributed by atoms with E-state index in [1.807, 2.05) is 18.5 Å². The van der Waals surface area contributed by atoms with E-state index >= 15 is 0 Å². The fraction of sp³-hybridized carbons (Fsp3) is 0.429. The van der Waals surface area contributed by atoms with Gasteiger partial charge in [-0.1, -0.05) is 13.8 Å². The SMILES string of the molecule is COc1cc(-c2[nH]c3cnc(C4CCNCC4)nc3c2C(C)C)cn2ncnc12. The zero-order chi connectivity index (χ0) is 20.0. The van der Waals surface area contributed by atoms with Crippen molar-refractivity contribution in [1.82, 2.24) is 34.9 Å². The molecule has 1 aliphatic rings. The van der Waals surface area contributed by atoms with Crippen LogP contribution in [0, 0.1) is 0 Å². The molecule has 0 radical (unpaired) electrons. The maximum Gasteiger partial charge on any atom is 0.197 e. The number of pyridine rings is 1. The Balaban J connectivity index is 1.68. The number of rotatable bonds is 4. The van der Waals surface area contributed by atoms with E-state index in [2.05, 4.69) is 34.2 Å². The second kappa shape index (κ2) is 7.11. The predicted octanol–water partition coefficient (Wildman–Crippen LogP) is 3.27. The molecular weight excluding hydrogens is 366 g/mol. The van der Waals surface area contributed by atoms with Crippen molar-refractivity contribution in [1.29, 1.82) is 0 Å². The molecule has 1 aliphatic heterocycles. The van der Waals surface area contributed by atoms with Crippen molar-refractivity contribution < 1.29 is 4.74 Å². The number of piperidine rings is 1. The molecule has 0 aliphatic carbocycles. The lowest BCUT2D eigenvalue weighted by atomic mass is 9.96. The molecule has 1 saturated heterocycles. The summed E-state index contributed by atoms with van der Waals surface area (Å²) in [5.41, 5.74) is 5.88. The Morgan fingerprint density at radius 2 is 2.03 bits per heavy atom. The van der Waals surface area contributed by atoms with Crippen molar-refractivity contribution in [2.24, 2.45) is 0 Å². The van der Waals surface area contributed by atoms with Gasteiger partial charge in [-0.05, 0) is 37.9 Å². The molecular formula is C21H25N7O. The number of hydrogen-bond donors (Lipinski definition) is 2. The molecule has 0 saturated carbocycles. The second-order valence-corrected chi connectivity index (χ2v) is 7.91. The zero-order valence-corrected chi connectivity index (χ0v) is 16.9. The molecule has 0 spiro atoms. The summed E-state index contributed by atoms with van der Waals surface area (Å²) < 4.78 is 7.30. The first kappa shape index (κ1) is 18.1. The minimum Gasteiger partial charge on any atom is -0.493 e. The summed E-state index contributed by atoms with van der Waals surface area (Å²) in [5.74, 6) is 2.36. The molecule has 0 unspecified atom stereocenters. The van der Waals surface area contributed by atoms with Crippen molar-refractivity contribution in [3.05, 3.63) is 36.2 Å². The molecule has 29 heavy (non-hydrogen) atoms. The highest BCUT2D eigenvalue weighted by atomic mass is 16.5. The van der Waals surface area contributed by atoms with Gasteiger partial charge in [-0.25, -0.2) is 19.5 Å². The molecule has 0 aromatic carbocycles. The summed E-state index contributed by atoms with van der Waals surface area (Å²) in [5, 5.41) is 7.71. The van der Waals surface area contributed by atoms with E-state index in [0.717, 1.165) is 54.0 Å². The van der Waals surface area contributed by atoms with Gasteiger partial charge in [-0.3, -0.25) is 0 Å². The number of aromatic nitrogens is 6. The number of aromatic amines is 1. The fourth-order valence-electron chi connectivity index (χ4n) is 4.26. The van der Waals surface area contributed by atoms with Gasteiger partial charge in [0.05, 0.1) is 30.0 Å². The molecule has 0 atom stereocenters. The van der Waals surface area contributed by atoms with Crippen molar-refractivity contribution in [3.8, 4) is 17.0 Å². The minimum atomic E-state index is 0.298. The molecule has 0 bridgehead atoms. The van der Waals surface area contributed by atoms with Gasteiger partial charge in [-0.2, -0.15) is 5.10 Å². The van der Waals surface area contributed by atoms with Crippen LogP contribution in [0.2, 0.25) is 0 Å². The van der Waals surface area contributed by atoms with Gasteiger partial charge in [0.2, 0.25) is 0 Å². The molecule has 5 rings (SSSR count). The third kappa shape index (κ3) is 3.04. The first-order valence-electron chi connectivity index (χ1n) is 10.1. The average molecular weight is 391 g/mol.